The molecule has 1 N–H and O–H groups in total. The molecule has 5 aromatic rings. The van der Waals surface area contributed by atoms with E-state index in [0.29, 0.717) is 22.5 Å². The third-order valence-corrected chi connectivity index (χ3v) is 5.89. The number of furan rings is 1. The molecule has 0 bridgehead atoms. The Hall–Kier alpha value is -3.90. The Morgan fingerprint density at radius 2 is 1.89 bits per heavy atom. The molecule has 0 unspecified atom stereocenters. The summed E-state index contributed by atoms with van der Waals surface area (Å²) in [5.74, 6) is 2.91. The van der Waals surface area contributed by atoms with Crippen molar-refractivity contribution in [2.75, 3.05) is 5.32 Å². The van der Waals surface area contributed by atoms with Crippen LogP contribution in [0, 0.1) is 5.82 Å². The summed E-state index contributed by atoms with van der Waals surface area (Å²) in [5.41, 5.74) is 3.23. The molecule has 5 rings (SSSR count). The van der Waals surface area contributed by atoms with Crippen LogP contribution in [-0.2, 0) is 6.61 Å². The molecule has 35 heavy (non-hydrogen) atoms. The Labute approximate surface area is 207 Å². The third kappa shape index (κ3) is 5.12. The molecular formula is C28H23ClFN3O2. The first-order valence-corrected chi connectivity index (χ1v) is 11.6. The molecule has 0 amide bonds. The van der Waals surface area contributed by atoms with Gasteiger partial charge in [0, 0.05) is 22.6 Å². The number of nitrogens with one attached hydrogen (secondary N) is 1. The van der Waals surface area contributed by atoms with E-state index in [1.54, 1.807) is 24.3 Å². The highest BCUT2D eigenvalue weighted by Crippen LogP contribution is 2.33. The maximum absolute atomic E-state index is 13.4. The highest BCUT2D eigenvalue weighted by molar-refractivity contribution is 6.32. The van der Waals surface area contributed by atoms with Crippen LogP contribution in [0.3, 0.4) is 0 Å². The van der Waals surface area contributed by atoms with Crippen LogP contribution in [-0.4, -0.2) is 9.97 Å². The number of halogens is 2. The molecule has 5 nitrogen and oxygen atoms in total. The molecule has 0 atom stereocenters. The van der Waals surface area contributed by atoms with Gasteiger partial charge in [-0.3, -0.25) is 0 Å². The Morgan fingerprint density at radius 1 is 1.00 bits per heavy atom. The Morgan fingerprint density at radius 3 is 2.66 bits per heavy atom. The Bertz CT molecular complexity index is 1500. The highest BCUT2D eigenvalue weighted by Gasteiger charge is 2.12. The van der Waals surface area contributed by atoms with E-state index in [-0.39, 0.29) is 12.4 Å². The summed E-state index contributed by atoms with van der Waals surface area (Å²) in [5, 5.41) is 4.62. The van der Waals surface area contributed by atoms with Gasteiger partial charge in [0.05, 0.1) is 10.5 Å². The molecular weight excluding hydrogens is 465 g/mol. The van der Waals surface area contributed by atoms with E-state index >= 15 is 0 Å². The van der Waals surface area contributed by atoms with Crippen molar-refractivity contribution in [3.05, 3.63) is 101 Å². The zero-order valence-electron chi connectivity index (χ0n) is 19.3. The smallest absolute Gasteiger partial charge is 0.141 e. The summed E-state index contributed by atoms with van der Waals surface area (Å²) in [6.07, 6.45) is 1.52. The topological polar surface area (TPSA) is 60.2 Å². The molecule has 0 aliphatic heterocycles. The standard InChI is InChI=1S/C28H23ClFN3O2/c1-17(2)25-10-11-26(35-25)19-6-8-24-22(13-19)28(32-16-31-24)33-21-7-9-27(23(29)14-21)34-15-18-4-3-5-20(30)12-18/h3-14,16-17H,15H2,1-2H3,(H,31,32,33). The molecule has 0 saturated carbocycles. The van der Waals surface area contributed by atoms with E-state index in [1.165, 1.54) is 18.5 Å². The third-order valence-electron chi connectivity index (χ3n) is 5.59. The van der Waals surface area contributed by atoms with Crippen molar-refractivity contribution in [2.45, 2.75) is 26.4 Å². The Balaban J connectivity index is 1.38. The van der Waals surface area contributed by atoms with Crippen molar-refractivity contribution in [3.8, 4) is 17.1 Å². The van der Waals surface area contributed by atoms with Crippen molar-refractivity contribution < 1.29 is 13.5 Å². The maximum Gasteiger partial charge on any atom is 0.141 e. The highest BCUT2D eigenvalue weighted by atomic mass is 35.5. The zero-order valence-corrected chi connectivity index (χ0v) is 20.0. The Kier molecular flexibility index (Phi) is 6.38. The first-order valence-electron chi connectivity index (χ1n) is 11.2. The van der Waals surface area contributed by atoms with Gasteiger partial charge in [-0.1, -0.05) is 37.6 Å². The number of fused-ring (bicyclic) bond motifs is 1. The number of benzene rings is 3. The summed E-state index contributed by atoms with van der Waals surface area (Å²) in [6.45, 7) is 4.42. The molecule has 0 radical (unpaired) electrons. The summed E-state index contributed by atoms with van der Waals surface area (Å²) in [4.78, 5) is 8.83. The second-order valence-corrected chi connectivity index (χ2v) is 8.91. The molecule has 176 valence electrons. The minimum absolute atomic E-state index is 0.217. The van der Waals surface area contributed by atoms with Crippen LogP contribution < -0.4 is 10.1 Å². The van der Waals surface area contributed by atoms with Crippen LogP contribution in [0.25, 0.3) is 22.2 Å². The van der Waals surface area contributed by atoms with E-state index in [9.17, 15) is 4.39 Å². The van der Waals surface area contributed by atoms with E-state index in [1.807, 2.05) is 36.4 Å². The summed E-state index contributed by atoms with van der Waals surface area (Å²) < 4.78 is 25.2. The fourth-order valence-corrected chi connectivity index (χ4v) is 3.98. The van der Waals surface area contributed by atoms with Gasteiger partial charge < -0.3 is 14.5 Å². The number of anilines is 2. The van der Waals surface area contributed by atoms with Crippen molar-refractivity contribution >= 4 is 34.0 Å². The minimum Gasteiger partial charge on any atom is -0.487 e. The van der Waals surface area contributed by atoms with Gasteiger partial charge in [0.25, 0.3) is 0 Å². The number of aromatic nitrogens is 2. The van der Waals surface area contributed by atoms with E-state index in [2.05, 4.69) is 29.1 Å². The quantitative estimate of drug-likeness (QED) is 0.251. The zero-order chi connectivity index (χ0) is 24.4. The minimum atomic E-state index is -0.301. The monoisotopic (exact) mass is 487 g/mol. The predicted molar refractivity (Wildman–Crippen MR) is 137 cm³/mol. The van der Waals surface area contributed by atoms with Crippen LogP contribution in [0.4, 0.5) is 15.9 Å². The maximum atomic E-state index is 13.4. The number of ether oxygens (including phenoxy) is 1. The van der Waals surface area contributed by atoms with E-state index in [0.717, 1.165) is 39.2 Å². The van der Waals surface area contributed by atoms with Crippen LogP contribution in [0.1, 0.15) is 31.1 Å². The second-order valence-electron chi connectivity index (χ2n) is 8.50. The molecule has 0 aliphatic carbocycles. The van der Waals surface area contributed by atoms with E-state index < -0.39 is 0 Å². The van der Waals surface area contributed by atoms with Crippen LogP contribution >= 0.6 is 11.6 Å². The fraction of sp³-hybridized carbons (Fsp3) is 0.143. The molecule has 0 spiro atoms. The van der Waals surface area contributed by atoms with Crippen molar-refractivity contribution in [1.82, 2.24) is 9.97 Å². The molecule has 2 heterocycles. The summed E-state index contributed by atoms with van der Waals surface area (Å²) >= 11 is 6.46. The van der Waals surface area contributed by atoms with Gasteiger partial charge in [0.15, 0.2) is 0 Å². The number of hydrogen-bond acceptors (Lipinski definition) is 5. The lowest BCUT2D eigenvalue weighted by Gasteiger charge is -2.12. The van der Waals surface area contributed by atoms with Gasteiger partial charge >= 0.3 is 0 Å². The van der Waals surface area contributed by atoms with Crippen molar-refractivity contribution in [1.29, 1.82) is 0 Å². The molecule has 0 aliphatic rings. The normalized spacial score (nSPS) is 11.2. The first-order chi connectivity index (χ1) is 17.0. The van der Waals surface area contributed by atoms with Crippen molar-refractivity contribution in [3.63, 3.8) is 0 Å². The lowest BCUT2D eigenvalue weighted by molar-refractivity contribution is 0.306. The SMILES string of the molecule is CC(C)c1ccc(-c2ccc3ncnc(Nc4ccc(OCc5cccc(F)c5)c(Cl)c4)c3c2)o1. The van der Waals surface area contributed by atoms with Gasteiger partial charge in [-0.15, -0.1) is 0 Å². The molecule has 0 fully saturated rings. The lowest BCUT2D eigenvalue weighted by Crippen LogP contribution is -1.99. The first kappa shape index (κ1) is 22.9. The number of rotatable bonds is 7. The van der Waals surface area contributed by atoms with Crippen LogP contribution in [0.2, 0.25) is 5.02 Å². The van der Waals surface area contributed by atoms with Gasteiger partial charge in [0.1, 0.15) is 41.8 Å². The van der Waals surface area contributed by atoms with Gasteiger partial charge in [-0.25, -0.2) is 14.4 Å². The van der Waals surface area contributed by atoms with Gasteiger partial charge in [-0.05, 0) is 66.2 Å². The summed E-state index contributed by atoms with van der Waals surface area (Å²) in [7, 11) is 0. The predicted octanol–water partition coefficient (Wildman–Crippen LogP) is 8.13. The molecule has 2 aromatic heterocycles. The molecule has 0 saturated heterocycles. The molecule has 3 aromatic carbocycles. The van der Waals surface area contributed by atoms with Crippen LogP contribution in [0.5, 0.6) is 5.75 Å². The average Bonchev–Trinajstić information content (AvgIpc) is 3.35. The number of nitrogens with zero attached hydrogens (tertiary/aromatic N) is 2. The molecule has 7 heteroatoms. The largest absolute Gasteiger partial charge is 0.487 e. The van der Waals surface area contributed by atoms with Crippen molar-refractivity contribution in [2.24, 2.45) is 0 Å². The van der Waals surface area contributed by atoms with Crippen LogP contribution in [0.15, 0.2) is 83.5 Å². The van der Waals surface area contributed by atoms with E-state index in [4.69, 9.17) is 20.8 Å². The number of hydrogen-bond donors (Lipinski definition) is 1. The lowest BCUT2D eigenvalue weighted by atomic mass is 10.1. The second kappa shape index (κ2) is 9.76. The van der Waals surface area contributed by atoms with Gasteiger partial charge in [0.2, 0.25) is 0 Å². The summed E-state index contributed by atoms with van der Waals surface area (Å²) in [6, 6.07) is 21.6. The average molecular weight is 488 g/mol. The van der Waals surface area contributed by atoms with Gasteiger partial charge in [-0.2, -0.15) is 0 Å². The fourth-order valence-electron chi connectivity index (χ4n) is 3.75.